The first-order chi connectivity index (χ1) is 9.58. The monoisotopic (exact) mass is 270 g/mol. The lowest BCUT2D eigenvalue weighted by Gasteiger charge is -2.09. The maximum Gasteiger partial charge on any atom is 0.335 e. The highest BCUT2D eigenvalue weighted by Gasteiger charge is 2.06. The number of benzene rings is 1. The second kappa shape index (κ2) is 5.88. The van der Waals surface area contributed by atoms with Gasteiger partial charge in [0.05, 0.1) is 11.9 Å². The lowest BCUT2D eigenvalue weighted by Crippen LogP contribution is -2.03. The summed E-state index contributed by atoms with van der Waals surface area (Å²) in [6.45, 7) is 5.19. The standard InChI is InChI=1S/C15H14N2O3/c1-3-15(18)19-12-5-6-13(10(2)8-12)20-14-7-4-11(16)9-17-14/h3-9H,1,16H2,2H3. The Morgan fingerprint density at radius 3 is 2.75 bits per heavy atom. The number of nitrogens with two attached hydrogens (primary N) is 1. The minimum Gasteiger partial charge on any atom is -0.439 e. The number of esters is 1. The first-order valence-electron chi connectivity index (χ1n) is 5.93. The zero-order chi connectivity index (χ0) is 14.5. The molecule has 1 aromatic carbocycles. The van der Waals surface area contributed by atoms with Crippen LogP contribution in [-0.4, -0.2) is 11.0 Å². The number of carbonyl (C=O) groups is 1. The summed E-state index contributed by atoms with van der Waals surface area (Å²) < 4.78 is 10.6. The Kier molecular flexibility index (Phi) is 4.00. The molecule has 5 heteroatoms. The van der Waals surface area contributed by atoms with Gasteiger partial charge in [0.25, 0.3) is 0 Å². The van der Waals surface area contributed by atoms with E-state index in [4.69, 9.17) is 15.2 Å². The van der Waals surface area contributed by atoms with Crippen molar-refractivity contribution in [3.05, 3.63) is 54.7 Å². The third-order valence-corrected chi connectivity index (χ3v) is 2.51. The molecule has 0 unspecified atom stereocenters. The molecule has 102 valence electrons. The van der Waals surface area contributed by atoms with Gasteiger partial charge in [0.1, 0.15) is 11.5 Å². The smallest absolute Gasteiger partial charge is 0.335 e. The number of hydrogen-bond acceptors (Lipinski definition) is 5. The van der Waals surface area contributed by atoms with E-state index in [-0.39, 0.29) is 0 Å². The lowest BCUT2D eigenvalue weighted by atomic mass is 10.2. The fourth-order valence-electron chi connectivity index (χ4n) is 1.52. The molecule has 5 nitrogen and oxygen atoms in total. The van der Waals surface area contributed by atoms with Gasteiger partial charge < -0.3 is 15.2 Å². The second-order valence-electron chi connectivity index (χ2n) is 4.08. The topological polar surface area (TPSA) is 74.4 Å². The van der Waals surface area contributed by atoms with Crippen molar-refractivity contribution in [1.82, 2.24) is 4.98 Å². The summed E-state index contributed by atoms with van der Waals surface area (Å²) in [4.78, 5) is 15.2. The van der Waals surface area contributed by atoms with E-state index in [1.54, 1.807) is 30.3 Å². The quantitative estimate of drug-likeness (QED) is 0.525. The minimum absolute atomic E-state index is 0.435. The third kappa shape index (κ3) is 3.35. The van der Waals surface area contributed by atoms with Crippen molar-refractivity contribution >= 4 is 11.7 Å². The van der Waals surface area contributed by atoms with Gasteiger partial charge in [0, 0.05) is 12.1 Å². The number of pyridine rings is 1. The summed E-state index contributed by atoms with van der Waals surface area (Å²) in [5.74, 6) is 1.00. The van der Waals surface area contributed by atoms with E-state index in [2.05, 4.69) is 11.6 Å². The Balaban J connectivity index is 2.15. The fourth-order valence-corrected chi connectivity index (χ4v) is 1.52. The normalized spacial score (nSPS) is 9.85. The highest BCUT2D eigenvalue weighted by atomic mass is 16.5. The highest BCUT2D eigenvalue weighted by Crippen LogP contribution is 2.27. The van der Waals surface area contributed by atoms with Crippen LogP contribution in [0.3, 0.4) is 0 Å². The molecule has 2 N–H and O–H groups in total. The van der Waals surface area contributed by atoms with Crippen LogP contribution in [0.5, 0.6) is 17.4 Å². The van der Waals surface area contributed by atoms with Gasteiger partial charge in [0.2, 0.25) is 5.88 Å². The van der Waals surface area contributed by atoms with E-state index in [0.717, 1.165) is 11.6 Å². The molecule has 0 bridgehead atoms. The molecule has 20 heavy (non-hydrogen) atoms. The van der Waals surface area contributed by atoms with Gasteiger partial charge in [-0.25, -0.2) is 9.78 Å². The van der Waals surface area contributed by atoms with E-state index >= 15 is 0 Å². The van der Waals surface area contributed by atoms with Gasteiger partial charge >= 0.3 is 5.97 Å². The molecule has 0 saturated carbocycles. The molecule has 2 aromatic rings. The first kappa shape index (κ1) is 13.6. The number of anilines is 1. The van der Waals surface area contributed by atoms with Crippen molar-refractivity contribution in [2.45, 2.75) is 6.92 Å². The zero-order valence-electron chi connectivity index (χ0n) is 11.0. The van der Waals surface area contributed by atoms with Gasteiger partial charge in [-0.3, -0.25) is 0 Å². The van der Waals surface area contributed by atoms with Crippen molar-refractivity contribution in [1.29, 1.82) is 0 Å². The van der Waals surface area contributed by atoms with Crippen LogP contribution in [0.15, 0.2) is 49.2 Å². The van der Waals surface area contributed by atoms with Gasteiger partial charge in [0.15, 0.2) is 0 Å². The number of aryl methyl sites for hydroxylation is 1. The molecular formula is C15H14N2O3. The Morgan fingerprint density at radius 1 is 1.35 bits per heavy atom. The second-order valence-corrected chi connectivity index (χ2v) is 4.08. The number of aromatic nitrogens is 1. The maximum atomic E-state index is 11.1. The van der Waals surface area contributed by atoms with E-state index in [9.17, 15) is 4.79 Å². The molecule has 0 aliphatic carbocycles. The fraction of sp³-hybridized carbons (Fsp3) is 0.0667. The lowest BCUT2D eigenvalue weighted by molar-refractivity contribution is -0.128. The number of nitrogens with zero attached hydrogens (tertiary/aromatic N) is 1. The summed E-state index contributed by atoms with van der Waals surface area (Å²) >= 11 is 0. The van der Waals surface area contributed by atoms with Crippen LogP contribution in [0.2, 0.25) is 0 Å². The highest BCUT2D eigenvalue weighted by molar-refractivity contribution is 5.83. The van der Waals surface area contributed by atoms with E-state index in [1.807, 2.05) is 6.92 Å². The summed E-state index contributed by atoms with van der Waals surface area (Å²) in [5, 5.41) is 0. The predicted octanol–water partition coefficient (Wildman–Crippen LogP) is 2.86. The summed E-state index contributed by atoms with van der Waals surface area (Å²) in [6.07, 6.45) is 2.63. The number of hydrogen-bond donors (Lipinski definition) is 1. The SMILES string of the molecule is C=CC(=O)Oc1ccc(Oc2ccc(N)cn2)c(C)c1. The molecule has 0 fully saturated rings. The van der Waals surface area contributed by atoms with Gasteiger partial charge in [-0.15, -0.1) is 0 Å². The molecule has 0 atom stereocenters. The Hall–Kier alpha value is -2.82. The predicted molar refractivity (Wildman–Crippen MR) is 75.7 cm³/mol. The molecule has 0 aliphatic rings. The minimum atomic E-state index is -0.502. The number of nitrogen functional groups attached to an aromatic ring is 1. The number of rotatable bonds is 4. The molecule has 0 saturated heterocycles. The van der Waals surface area contributed by atoms with Crippen LogP contribution in [0.1, 0.15) is 5.56 Å². The molecule has 2 rings (SSSR count). The summed E-state index contributed by atoms with van der Waals surface area (Å²) in [7, 11) is 0. The van der Waals surface area contributed by atoms with E-state index < -0.39 is 5.97 Å². The Labute approximate surface area is 116 Å². The van der Waals surface area contributed by atoms with E-state index in [1.165, 1.54) is 6.20 Å². The van der Waals surface area contributed by atoms with Crippen LogP contribution in [0.4, 0.5) is 5.69 Å². The zero-order valence-corrected chi connectivity index (χ0v) is 11.0. The third-order valence-electron chi connectivity index (χ3n) is 2.51. The van der Waals surface area contributed by atoms with Crippen LogP contribution in [0.25, 0.3) is 0 Å². The first-order valence-corrected chi connectivity index (χ1v) is 5.93. The van der Waals surface area contributed by atoms with Crippen LogP contribution < -0.4 is 15.2 Å². The summed E-state index contributed by atoms with van der Waals surface area (Å²) in [6, 6.07) is 8.44. The molecule has 0 spiro atoms. The van der Waals surface area contributed by atoms with Crippen molar-refractivity contribution in [2.24, 2.45) is 0 Å². The van der Waals surface area contributed by atoms with Gasteiger partial charge in [-0.1, -0.05) is 6.58 Å². The molecule has 0 aliphatic heterocycles. The molecule has 0 radical (unpaired) electrons. The van der Waals surface area contributed by atoms with Crippen LogP contribution in [0, 0.1) is 6.92 Å². The molecule has 1 aromatic heterocycles. The molecular weight excluding hydrogens is 256 g/mol. The molecule has 0 amide bonds. The average molecular weight is 270 g/mol. The van der Waals surface area contributed by atoms with Crippen LogP contribution >= 0.6 is 0 Å². The number of carbonyl (C=O) groups excluding carboxylic acids is 1. The Bertz CT molecular complexity index is 636. The van der Waals surface area contributed by atoms with Crippen molar-refractivity contribution in [2.75, 3.05) is 5.73 Å². The van der Waals surface area contributed by atoms with Crippen LogP contribution in [-0.2, 0) is 4.79 Å². The van der Waals surface area contributed by atoms with E-state index in [0.29, 0.717) is 23.1 Å². The summed E-state index contributed by atoms with van der Waals surface area (Å²) in [5.41, 5.74) is 6.94. The maximum absolute atomic E-state index is 11.1. The van der Waals surface area contributed by atoms with Gasteiger partial charge in [-0.2, -0.15) is 0 Å². The average Bonchev–Trinajstić information content (AvgIpc) is 2.44. The van der Waals surface area contributed by atoms with Crippen molar-refractivity contribution < 1.29 is 14.3 Å². The Morgan fingerprint density at radius 2 is 2.15 bits per heavy atom. The van der Waals surface area contributed by atoms with Crippen molar-refractivity contribution in [3.8, 4) is 17.4 Å². The van der Waals surface area contributed by atoms with Crippen molar-refractivity contribution in [3.63, 3.8) is 0 Å². The molecule has 1 heterocycles. The largest absolute Gasteiger partial charge is 0.439 e. The van der Waals surface area contributed by atoms with Gasteiger partial charge in [-0.05, 0) is 36.8 Å². The number of ether oxygens (including phenoxy) is 2.